The number of pyridine rings is 1. The molecular formula is C16H19NO4. The zero-order valence-corrected chi connectivity index (χ0v) is 12.5. The number of para-hydroxylation sites is 1. The summed E-state index contributed by atoms with van der Waals surface area (Å²) in [5.41, 5.74) is 0.521. The molecule has 0 saturated heterocycles. The predicted molar refractivity (Wildman–Crippen MR) is 81.4 cm³/mol. The number of carboxylic acid groups (broad SMARTS) is 1. The number of unbranched alkanes of at least 4 members (excludes halogenated alkanes) is 1. The van der Waals surface area contributed by atoms with E-state index in [2.05, 4.69) is 6.92 Å². The number of carbonyl (C=O) groups is 1. The number of carboxylic acids is 1. The van der Waals surface area contributed by atoms with Crippen LogP contribution in [-0.4, -0.2) is 22.8 Å². The molecule has 0 bridgehead atoms. The van der Waals surface area contributed by atoms with Gasteiger partial charge in [-0.3, -0.25) is 4.79 Å². The Morgan fingerprint density at radius 3 is 2.67 bits per heavy atom. The molecule has 1 aromatic carbocycles. The second-order valence-corrected chi connectivity index (χ2v) is 4.96. The fourth-order valence-electron chi connectivity index (χ4n) is 2.60. The van der Waals surface area contributed by atoms with Crippen LogP contribution in [-0.2, 0) is 6.54 Å². The fraction of sp³-hybridized carbons (Fsp3) is 0.375. The summed E-state index contributed by atoms with van der Waals surface area (Å²) in [5.74, 6) is -0.604. The number of aromatic carboxylic acids is 1. The molecule has 5 nitrogen and oxygen atoms in total. The van der Waals surface area contributed by atoms with Crippen molar-refractivity contribution < 1.29 is 14.6 Å². The molecular weight excluding hydrogens is 270 g/mol. The molecule has 0 aliphatic heterocycles. The van der Waals surface area contributed by atoms with Crippen LogP contribution in [0.15, 0.2) is 23.0 Å². The third-order valence-electron chi connectivity index (χ3n) is 3.68. The van der Waals surface area contributed by atoms with E-state index >= 15 is 0 Å². The Kier molecular flexibility index (Phi) is 4.31. The van der Waals surface area contributed by atoms with Crippen molar-refractivity contribution in [2.45, 2.75) is 33.2 Å². The molecule has 1 aromatic heterocycles. The number of hydrogen-bond acceptors (Lipinski definition) is 3. The predicted octanol–water partition coefficient (Wildman–Crippen LogP) is 2.82. The first-order chi connectivity index (χ1) is 10.0. The van der Waals surface area contributed by atoms with Gasteiger partial charge in [-0.05, 0) is 25.5 Å². The number of ether oxygens (including phenoxy) is 1. The highest BCUT2D eigenvalue weighted by Crippen LogP contribution is 2.26. The zero-order valence-electron chi connectivity index (χ0n) is 12.5. The average molecular weight is 289 g/mol. The van der Waals surface area contributed by atoms with Crippen LogP contribution < -0.4 is 10.2 Å². The third-order valence-corrected chi connectivity index (χ3v) is 3.68. The number of methoxy groups -OCH3 is 1. The first kappa shape index (κ1) is 15.1. The Morgan fingerprint density at radius 1 is 1.38 bits per heavy atom. The highest BCUT2D eigenvalue weighted by Gasteiger charge is 2.20. The molecule has 0 fully saturated rings. The molecule has 112 valence electrons. The van der Waals surface area contributed by atoms with Gasteiger partial charge in [-0.25, -0.2) is 4.79 Å². The second-order valence-electron chi connectivity index (χ2n) is 4.96. The Bertz CT molecular complexity index is 746. The summed E-state index contributed by atoms with van der Waals surface area (Å²) in [7, 11) is 1.55. The first-order valence-electron chi connectivity index (χ1n) is 6.96. The van der Waals surface area contributed by atoms with Crippen molar-refractivity contribution in [1.82, 2.24) is 4.57 Å². The number of hydrogen-bond donors (Lipinski definition) is 1. The van der Waals surface area contributed by atoms with Crippen LogP contribution >= 0.6 is 0 Å². The molecule has 1 N–H and O–H groups in total. The summed E-state index contributed by atoms with van der Waals surface area (Å²) >= 11 is 0. The number of fused-ring (bicyclic) bond motifs is 1. The van der Waals surface area contributed by atoms with Crippen molar-refractivity contribution >= 4 is 16.9 Å². The van der Waals surface area contributed by atoms with Crippen LogP contribution in [0.3, 0.4) is 0 Å². The van der Waals surface area contributed by atoms with E-state index in [9.17, 15) is 14.7 Å². The van der Waals surface area contributed by atoms with E-state index in [1.165, 1.54) is 0 Å². The van der Waals surface area contributed by atoms with Gasteiger partial charge in [-0.15, -0.1) is 0 Å². The lowest BCUT2D eigenvalue weighted by Crippen LogP contribution is -2.23. The quantitative estimate of drug-likeness (QED) is 0.919. The van der Waals surface area contributed by atoms with Crippen LogP contribution in [0.2, 0.25) is 0 Å². The van der Waals surface area contributed by atoms with E-state index in [1.54, 1.807) is 32.2 Å². The number of nitrogens with zero attached hydrogens (tertiary/aromatic N) is 1. The molecule has 2 rings (SSSR count). The zero-order chi connectivity index (χ0) is 15.6. The highest BCUT2D eigenvalue weighted by molar-refractivity contribution is 5.95. The largest absolute Gasteiger partial charge is 0.495 e. The van der Waals surface area contributed by atoms with E-state index in [1.807, 2.05) is 4.57 Å². The Hall–Kier alpha value is -2.30. The molecule has 2 aromatic rings. The van der Waals surface area contributed by atoms with Crippen LogP contribution in [0.4, 0.5) is 0 Å². The summed E-state index contributed by atoms with van der Waals surface area (Å²) in [4.78, 5) is 23.9. The van der Waals surface area contributed by atoms with Crippen molar-refractivity contribution in [2.75, 3.05) is 7.11 Å². The van der Waals surface area contributed by atoms with Gasteiger partial charge in [0, 0.05) is 12.2 Å². The van der Waals surface area contributed by atoms with E-state index in [-0.39, 0.29) is 5.56 Å². The fourth-order valence-corrected chi connectivity index (χ4v) is 2.60. The maximum atomic E-state index is 12.4. The summed E-state index contributed by atoms with van der Waals surface area (Å²) in [5, 5.41) is 9.72. The number of aromatic nitrogens is 1. The molecule has 0 aliphatic rings. The highest BCUT2D eigenvalue weighted by atomic mass is 16.5. The van der Waals surface area contributed by atoms with Crippen LogP contribution in [0, 0.1) is 6.92 Å². The Morgan fingerprint density at radius 2 is 2.10 bits per heavy atom. The maximum Gasteiger partial charge on any atom is 0.341 e. The van der Waals surface area contributed by atoms with Gasteiger partial charge < -0.3 is 14.4 Å². The van der Waals surface area contributed by atoms with Gasteiger partial charge in [0.1, 0.15) is 11.3 Å². The SMILES string of the molecule is CCCCn1c(C)c(C(=O)O)c(=O)c2cccc(OC)c21. The molecule has 0 amide bonds. The normalized spacial score (nSPS) is 10.8. The van der Waals surface area contributed by atoms with Gasteiger partial charge in [-0.1, -0.05) is 19.4 Å². The monoisotopic (exact) mass is 289 g/mol. The number of benzene rings is 1. The molecule has 0 aliphatic carbocycles. The smallest absolute Gasteiger partial charge is 0.341 e. The van der Waals surface area contributed by atoms with Gasteiger partial charge in [0.25, 0.3) is 0 Å². The summed E-state index contributed by atoms with van der Waals surface area (Å²) in [6, 6.07) is 5.13. The lowest BCUT2D eigenvalue weighted by Gasteiger charge is -2.18. The minimum atomic E-state index is -1.19. The van der Waals surface area contributed by atoms with Crippen LogP contribution in [0.5, 0.6) is 5.75 Å². The van der Waals surface area contributed by atoms with E-state index < -0.39 is 11.4 Å². The van der Waals surface area contributed by atoms with Crippen molar-refractivity contribution in [3.63, 3.8) is 0 Å². The molecule has 0 spiro atoms. The molecule has 0 radical (unpaired) electrons. The molecule has 1 heterocycles. The van der Waals surface area contributed by atoms with Crippen molar-refractivity contribution in [2.24, 2.45) is 0 Å². The average Bonchev–Trinajstić information content (AvgIpc) is 2.46. The number of aryl methyl sites for hydroxylation is 1. The second kappa shape index (κ2) is 5.99. The first-order valence-corrected chi connectivity index (χ1v) is 6.96. The van der Waals surface area contributed by atoms with Gasteiger partial charge in [0.2, 0.25) is 5.43 Å². The van der Waals surface area contributed by atoms with E-state index in [0.717, 1.165) is 12.8 Å². The minimum absolute atomic E-state index is 0.160. The minimum Gasteiger partial charge on any atom is -0.495 e. The molecule has 21 heavy (non-hydrogen) atoms. The van der Waals surface area contributed by atoms with Gasteiger partial charge >= 0.3 is 5.97 Å². The van der Waals surface area contributed by atoms with Crippen LogP contribution in [0.25, 0.3) is 10.9 Å². The molecule has 0 atom stereocenters. The lowest BCUT2D eigenvalue weighted by atomic mass is 10.1. The number of rotatable bonds is 5. The van der Waals surface area contributed by atoms with Gasteiger partial charge in [-0.2, -0.15) is 0 Å². The van der Waals surface area contributed by atoms with Gasteiger partial charge in [0.15, 0.2) is 0 Å². The molecule has 0 saturated carbocycles. The standard InChI is InChI=1S/C16H19NO4/c1-4-5-9-17-10(2)13(16(19)20)15(18)11-7-6-8-12(21-3)14(11)17/h6-8H,4-5,9H2,1-3H3,(H,19,20). The maximum absolute atomic E-state index is 12.4. The van der Waals surface area contributed by atoms with Crippen molar-refractivity contribution in [3.05, 3.63) is 39.7 Å². The summed E-state index contributed by atoms with van der Waals surface area (Å²) in [6.07, 6.45) is 1.88. The Labute approximate surface area is 122 Å². The summed E-state index contributed by atoms with van der Waals surface area (Å²) < 4.78 is 7.23. The van der Waals surface area contributed by atoms with Crippen molar-refractivity contribution in [3.8, 4) is 5.75 Å². The van der Waals surface area contributed by atoms with E-state index in [0.29, 0.717) is 28.9 Å². The van der Waals surface area contributed by atoms with Crippen LogP contribution in [0.1, 0.15) is 35.8 Å². The molecule has 5 heteroatoms. The lowest BCUT2D eigenvalue weighted by molar-refractivity contribution is 0.0694. The molecule has 0 unspecified atom stereocenters. The van der Waals surface area contributed by atoms with Crippen molar-refractivity contribution in [1.29, 1.82) is 0 Å². The third kappa shape index (κ3) is 2.51. The Balaban J connectivity index is 2.94. The topological polar surface area (TPSA) is 68.5 Å². The van der Waals surface area contributed by atoms with Gasteiger partial charge in [0.05, 0.1) is 18.0 Å². The van der Waals surface area contributed by atoms with E-state index in [4.69, 9.17) is 4.74 Å². The summed E-state index contributed by atoms with van der Waals surface area (Å²) in [6.45, 7) is 4.39.